The lowest BCUT2D eigenvalue weighted by molar-refractivity contribution is -0.270. The molecule has 2 heterocycles. The molecule has 2 aromatic rings. The van der Waals surface area contributed by atoms with Crippen molar-refractivity contribution in [2.24, 2.45) is 0 Å². The minimum Gasteiger partial charge on any atom is -0.479 e. The summed E-state index contributed by atoms with van der Waals surface area (Å²) in [6.07, 6.45) is -6.94. The molecule has 1 aromatic heterocycles. The first-order chi connectivity index (χ1) is 11.3. The monoisotopic (exact) mass is 421 g/mol. The Balaban J connectivity index is 1.93. The third kappa shape index (κ3) is 2.87. The van der Waals surface area contributed by atoms with Crippen LogP contribution in [0.25, 0.3) is 10.9 Å². The molecule has 1 fully saturated rings. The first-order valence-electron chi connectivity index (χ1n) is 6.85. The highest BCUT2D eigenvalue weighted by molar-refractivity contribution is 9.10. The number of aromatic amines is 1. The van der Waals surface area contributed by atoms with Crippen LogP contribution < -0.4 is 4.74 Å². The van der Waals surface area contributed by atoms with E-state index in [9.17, 15) is 20.1 Å². The second-order valence-corrected chi connectivity index (χ2v) is 6.52. The first kappa shape index (κ1) is 17.5. The van der Waals surface area contributed by atoms with Crippen molar-refractivity contribution in [2.75, 3.05) is 0 Å². The Bertz CT molecular complexity index is 782. The van der Waals surface area contributed by atoms with Gasteiger partial charge < -0.3 is 34.9 Å². The van der Waals surface area contributed by atoms with E-state index in [0.29, 0.717) is 20.4 Å². The fourth-order valence-corrected chi connectivity index (χ4v) is 3.08. The summed E-state index contributed by atoms with van der Waals surface area (Å²) in [4.78, 5) is 14.0. The Morgan fingerprint density at radius 1 is 1.25 bits per heavy atom. The molecule has 0 amide bonds. The molecule has 5 N–H and O–H groups in total. The van der Waals surface area contributed by atoms with Crippen molar-refractivity contribution in [2.45, 2.75) is 30.7 Å². The Morgan fingerprint density at radius 3 is 2.62 bits per heavy atom. The normalized spacial score (nSPS) is 30.5. The van der Waals surface area contributed by atoms with Gasteiger partial charge in [0.05, 0.1) is 15.9 Å². The maximum absolute atomic E-state index is 11.1. The van der Waals surface area contributed by atoms with E-state index in [0.717, 1.165) is 0 Å². The molecular weight excluding hydrogens is 410 g/mol. The average molecular weight is 423 g/mol. The smallest absolute Gasteiger partial charge is 0.335 e. The molecule has 10 heteroatoms. The second-order valence-electron chi connectivity index (χ2n) is 5.29. The van der Waals surface area contributed by atoms with Crippen LogP contribution in [-0.4, -0.2) is 62.1 Å². The van der Waals surface area contributed by atoms with Gasteiger partial charge in [-0.3, -0.25) is 0 Å². The average Bonchev–Trinajstić information content (AvgIpc) is 2.94. The van der Waals surface area contributed by atoms with E-state index in [1.807, 2.05) is 0 Å². The van der Waals surface area contributed by atoms with Gasteiger partial charge in [0.1, 0.15) is 24.1 Å². The van der Waals surface area contributed by atoms with E-state index < -0.39 is 36.7 Å². The molecule has 3 rings (SSSR count). The zero-order valence-corrected chi connectivity index (χ0v) is 14.2. The lowest BCUT2D eigenvalue weighted by Gasteiger charge is -2.38. The number of hydrogen-bond donors (Lipinski definition) is 5. The van der Waals surface area contributed by atoms with Crippen LogP contribution in [0.4, 0.5) is 0 Å². The van der Waals surface area contributed by atoms with Gasteiger partial charge in [0.15, 0.2) is 6.10 Å². The Labute approximate surface area is 148 Å². The summed E-state index contributed by atoms with van der Waals surface area (Å²) < 4.78 is 11.2. The van der Waals surface area contributed by atoms with E-state index in [1.54, 1.807) is 12.1 Å². The van der Waals surface area contributed by atoms with Crippen molar-refractivity contribution in [3.8, 4) is 5.75 Å². The molecule has 5 atom stereocenters. The quantitative estimate of drug-likeness (QED) is 0.495. The molecule has 0 bridgehead atoms. The van der Waals surface area contributed by atoms with Crippen molar-refractivity contribution in [3.05, 3.63) is 27.8 Å². The van der Waals surface area contributed by atoms with Gasteiger partial charge in [-0.15, -0.1) is 0 Å². The highest BCUT2D eigenvalue weighted by Crippen LogP contribution is 2.38. The van der Waals surface area contributed by atoms with Gasteiger partial charge in [0.2, 0.25) is 6.29 Å². The van der Waals surface area contributed by atoms with Gasteiger partial charge in [-0.2, -0.15) is 0 Å². The summed E-state index contributed by atoms with van der Waals surface area (Å²) in [6.45, 7) is 0. The lowest BCUT2D eigenvalue weighted by atomic mass is 9.99. The number of rotatable bonds is 3. The maximum atomic E-state index is 11.1. The number of fused-ring (bicyclic) bond motifs is 1. The zero-order chi connectivity index (χ0) is 17.6. The number of aliphatic hydroxyl groups is 3. The number of hydrogen-bond acceptors (Lipinski definition) is 6. The molecule has 0 saturated carbocycles. The molecule has 130 valence electrons. The van der Waals surface area contributed by atoms with Gasteiger partial charge >= 0.3 is 5.97 Å². The van der Waals surface area contributed by atoms with Crippen LogP contribution >= 0.6 is 27.5 Å². The molecule has 1 aromatic carbocycles. The molecule has 1 aliphatic rings. The minimum absolute atomic E-state index is 0.202. The molecule has 0 radical (unpaired) electrons. The standard InChI is InChI=1S/C14H13BrClNO7/c15-4-1-2-5-7(8(4)16)6(3-17-5)23-14-11(20)9(18)10(19)12(24-14)13(21)22/h1-3,9-12,14,17-20H,(H,21,22)/t9-,10+,11-,12+,14-/m1/s1. The summed E-state index contributed by atoms with van der Waals surface area (Å²) in [5.41, 5.74) is 0.652. The van der Waals surface area contributed by atoms with E-state index >= 15 is 0 Å². The number of halogens is 2. The SMILES string of the molecule is O=C(O)[C@H]1O[C@@H](Oc2c[nH]c3ccc(Br)c(Cl)c23)[C@H](O)[C@H](O)[C@@H]1O. The van der Waals surface area contributed by atoms with Crippen LogP contribution in [0.1, 0.15) is 0 Å². The number of aliphatic carboxylic acids is 1. The first-order valence-corrected chi connectivity index (χ1v) is 8.02. The predicted molar refractivity (Wildman–Crippen MR) is 86.0 cm³/mol. The molecule has 0 spiro atoms. The molecule has 1 saturated heterocycles. The number of aliphatic hydroxyl groups excluding tert-OH is 3. The number of H-pyrrole nitrogens is 1. The third-order valence-corrected chi connectivity index (χ3v) is 5.04. The largest absolute Gasteiger partial charge is 0.479 e. The van der Waals surface area contributed by atoms with Gasteiger partial charge in [-0.05, 0) is 28.1 Å². The van der Waals surface area contributed by atoms with Gasteiger partial charge in [0, 0.05) is 10.7 Å². The van der Waals surface area contributed by atoms with Crippen molar-refractivity contribution in [1.82, 2.24) is 4.98 Å². The summed E-state index contributed by atoms with van der Waals surface area (Å²) in [6, 6.07) is 3.48. The molecule has 24 heavy (non-hydrogen) atoms. The second kappa shape index (κ2) is 6.51. The van der Waals surface area contributed by atoms with Crippen molar-refractivity contribution < 1.29 is 34.7 Å². The highest BCUT2D eigenvalue weighted by atomic mass is 79.9. The number of nitrogens with one attached hydrogen (secondary N) is 1. The summed E-state index contributed by atoms with van der Waals surface area (Å²) in [5, 5.41) is 39.4. The van der Waals surface area contributed by atoms with E-state index in [4.69, 9.17) is 26.2 Å². The third-order valence-electron chi connectivity index (χ3n) is 3.76. The number of aromatic nitrogens is 1. The van der Waals surface area contributed by atoms with Crippen LogP contribution in [0.2, 0.25) is 5.02 Å². The number of carboxylic acids is 1. The maximum Gasteiger partial charge on any atom is 0.335 e. The van der Waals surface area contributed by atoms with Crippen LogP contribution in [0.3, 0.4) is 0 Å². The highest BCUT2D eigenvalue weighted by Gasteiger charge is 2.48. The Morgan fingerprint density at radius 2 is 1.96 bits per heavy atom. The van der Waals surface area contributed by atoms with Crippen molar-refractivity contribution >= 4 is 44.4 Å². The van der Waals surface area contributed by atoms with Crippen LogP contribution in [-0.2, 0) is 9.53 Å². The predicted octanol–water partition coefficient (Wildman–Crippen LogP) is 0.855. The Kier molecular flexibility index (Phi) is 4.73. The number of carbonyl (C=O) groups is 1. The number of benzene rings is 1. The molecule has 0 aliphatic carbocycles. The fraction of sp³-hybridized carbons (Fsp3) is 0.357. The number of carboxylic acid groups (broad SMARTS) is 1. The van der Waals surface area contributed by atoms with Gasteiger partial charge in [-0.25, -0.2) is 4.79 Å². The summed E-state index contributed by atoms with van der Waals surface area (Å²) >= 11 is 9.51. The van der Waals surface area contributed by atoms with Crippen molar-refractivity contribution in [3.63, 3.8) is 0 Å². The molecule has 8 nitrogen and oxygen atoms in total. The van der Waals surface area contributed by atoms with Crippen LogP contribution in [0.15, 0.2) is 22.8 Å². The molecule has 1 aliphatic heterocycles. The molecular formula is C14H13BrClNO7. The van der Waals surface area contributed by atoms with Gasteiger partial charge in [0.25, 0.3) is 0 Å². The van der Waals surface area contributed by atoms with E-state index in [2.05, 4.69) is 20.9 Å². The van der Waals surface area contributed by atoms with Crippen LogP contribution in [0, 0.1) is 0 Å². The Hall–Kier alpha value is -1.36. The number of ether oxygens (including phenoxy) is 2. The lowest BCUT2D eigenvalue weighted by Crippen LogP contribution is -2.61. The van der Waals surface area contributed by atoms with Gasteiger partial charge in [-0.1, -0.05) is 11.6 Å². The van der Waals surface area contributed by atoms with E-state index in [1.165, 1.54) is 6.20 Å². The fourth-order valence-electron chi connectivity index (χ4n) is 2.49. The summed E-state index contributed by atoms with van der Waals surface area (Å²) in [5.74, 6) is -1.28. The topological polar surface area (TPSA) is 132 Å². The van der Waals surface area contributed by atoms with Crippen molar-refractivity contribution in [1.29, 1.82) is 0 Å². The van der Waals surface area contributed by atoms with Crippen LogP contribution in [0.5, 0.6) is 5.75 Å². The molecule has 0 unspecified atom stereocenters. The summed E-state index contributed by atoms with van der Waals surface area (Å²) in [7, 11) is 0. The zero-order valence-electron chi connectivity index (χ0n) is 11.9. The van der Waals surface area contributed by atoms with E-state index in [-0.39, 0.29) is 5.75 Å². The minimum atomic E-state index is -1.78.